The van der Waals surface area contributed by atoms with Crippen LogP contribution in [0.2, 0.25) is 0 Å². The fraction of sp³-hybridized carbons (Fsp3) is 0.556. The fourth-order valence-corrected chi connectivity index (χ4v) is 0.911. The van der Waals surface area contributed by atoms with Gasteiger partial charge in [0.1, 0.15) is 11.5 Å². The Kier molecular flexibility index (Phi) is 2.70. The minimum absolute atomic E-state index is 0. The van der Waals surface area contributed by atoms with Gasteiger partial charge in [-0.15, -0.1) is 0 Å². The first-order valence-corrected chi connectivity index (χ1v) is 3.16. The summed E-state index contributed by atoms with van der Waals surface area (Å²) in [6, 6.07) is 0. The standard InChI is InChI=1S/C8H12O.CH4/c1-5-6(2)8(4)9-7(5)3;/h1-4H3;1H4. The molecule has 0 atom stereocenters. The van der Waals surface area contributed by atoms with Crippen LogP contribution in [0.4, 0.5) is 0 Å². The lowest BCUT2D eigenvalue weighted by Crippen LogP contribution is -1.73. The minimum Gasteiger partial charge on any atom is -0.466 e. The second-order valence-electron chi connectivity index (χ2n) is 2.46. The largest absolute Gasteiger partial charge is 0.466 e. The first-order chi connectivity index (χ1) is 4.13. The van der Waals surface area contributed by atoms with Gasteiger partial charge in [0.2, 0.25) is 0 Å². The molecule has 0 saturated heterocycles. The maximum Gasteiger partial charge on any atom is 0.104 e. The van der Waals surface area contributed by atoms with Crippen LogP contribution < -0.4 is 0 Å². The summed E-state index contributed by atoms with van der Waals surface area (Å²) in [5.41, 5.74) is 2.57. The van der Waals surface area contributed by atoms with Crippen molar-refractivity contribution in [3.8, 4) is 0 Å². The molecule has 0 aliphatic rings. The van der Waals surface area contributed by atoms with E-state index >= 15 is 0 Å². The zero-order chi connectivity index (χ0) is 7.02. The van der Waals surface area contributed by atoms with Gasteiger partial charge < -0.3 is 4.42 Å². The molecule has 0 amide bonds. The van der Waals surface area contributed by atoms with E-state index in [2.05, 4.69) is 13.8 Å². The Morgan fingerprint density at radius 2 is 1.10 bits per heavy atom. The molecule has 0 aromatic carbocycles. The Labute approximate surface area is 63.1 Å². The normalized spacial score (nSPS) is 9.20. The Bertz CT molecular complexity index is 198. The summed E-state index contributed by atoms with van der Waals surface area (Å²) in [4.78, 5) is 0. The van der Waals surface area contributed by atoms with Crippen LogP contribution in [-0.4, -0.2) is 0 Å². The summed E-state index contributed by atoms with van der Waals surface area (Å²) in [7, 11) is 0. The van der Waals surface area contributed by atoms with Crippen LogP contribution in [0.3, 0.4) is 0 Å². The smallest absolute Gasteiger partial charge is 0.104 e. The fourth-order valence-electron chi connectivity index (χ4n) is 0.911. The average molecular weight is 140 g/mol. The molecular formula is C9H16O. The summed E-state index contributed by atoms with van der Waals surface area (Å²) in [6.45, 7) is 8.16. The van der Waals surface area contributed by atoms with Crippen molar-refractivity contribution in [2.75, 3.05) is 0 Å². The molecule has 0 radical (unpaired) electrons. The van der Waals surface area contributed by atoms with E-state index in [9.17, 15) is 0 Å². The van der Waals surface area contributed by atoms with E-state index < -0.39 is 0 Å². The molecule has 0 aliphatic carbocycles. The average Bonchev–Trinajstić information content (AvgIpc) is 1.98. The SMILES string of the molecule is C.Cc1oc(C)c(C)c1C. The molecule has 0 N–H and O–H groups in total. The molecule has 10 heavy (non-hydrogen) atoms. The lowest BCUT2D eigenvalue weighted by Gasteiger charge is -1.85. The Morgan fingerprint density at radius 1 is 0.800 bits per heavy atom. The van der Waals surface area contributed by atoms with E-state index in [1.807, 2.05) is 13.8 Å². The van der Waals surface area contributed by atoms with Gasteiger partial charge >= 0.3 is 0 Å². The van der Waals surface area contributed by atoms with Crippen molar-refractivity contribution in [2.45, 2.75) is 35.1 Å². The molecule has 1 rings (SSSR count). The molecule has 0 bridgehead atoms. The predicted molar refractivity (Wildman–Crippen MR) is 44.4 cm³/mol. The third-order valence-electron chi connectivity index (χ3n) is 1.92. The molecule has 1 nitrogen and oxygen atoms in total. The maximum atomic E-state index is 5.34. The second-order valence-corrected chi connectivity index (χ2v) is 2.46. The summed E-state index contributed by atoms with van der Waals surface area (Å²) < 4.78 is 5.34. The van der Waals surface area contributed by atoms with E-state index in [4.69, 9.17) is 4.42 Å². The van der Waals surface area contributed by atoms with Gasteiger partial charge in [0, 0.05) is 0 Å². The van der Waals surface area contributed by atoms with Crippen LogP contribution in [0.1, 0.15) is 30.1 Å². The first kappa shape index (κ1) is 9.28. The van der Waals surface area contributed by atoms with E-state index in [0.29, 0.717) is 0 Å². The van der Waals surface area contributed by atoms with E-state index in [0.717, 1.165) is 11.5 Å². The predicted octanol–water partition coefficient (Wildman–Crippen LogP) is 3.15. The van der Waals surface area contributed by atoms with Crippen molar-refractivity contribution in [1.82, 2.24) is 0 Å². The number of hydrogen-bond acceptors (Lipinski definition) is 1. The Balaban J connectivity index is 0.000000810. The van der Waals surface area contributed by atoms with Crippen molar-refractivity contribution in [3.63, 3.8) is 0 Å². The number of rotatable bonds is 0. The highest BCUT2D eigenvalue weighted by atomic mass is 16.3. The van der Waals surface area contributed by atoms with Crippen LogP contribution in [0.5, 0.6) is 0 Å². The van der Waals surface area contributed by atoms with E-state index in [1.54, 1.807) is 0 Å². The van der Waals surface area contributed by atoms with Gasteiger partial charge in [-0.3, -0.25) is 0 Å². The summed E-state index contributed by atoms with van der Waals surface area (Å²) in [6.07, 6.45) is 0. The van der Waals surface area contributed by atoms with Gasteiger partial charge in [0.05, 0.1) is 0 Å². The number of aryl methyl sites for hydroxylation is 2. The topological polar surface area (TPSA) is 13.1 Å². The van der Waals surface area contributed by atoms with E-state index in [-0.39, 0.29) is 7.43 Å². The molecule has 0 unspecified atom stereocenters. The molecule has 0 aliphatic heterocycles. The van der Waals surface area contributed by atoms with Gasteiger partial charge in [0.15, 0.2) is 0 Å². The zero-order valence-corrected chi connectivity index (χ0v) is 6.41. The lowest BCUT2D eigenvalue weighted by molar-refractivity contribution is 0.501. The lowest BCUT2D eigenvalue weighted by atomic mass is 10.2. The monoisotopic (exact) mass is 140 g/mol. The van der Waals surface area contributed by atoms with Gasteiger partial charge in [-0.05, 0) is 38.8 Å². The maximum absolute atomic E-state index is 5.34. The highest BCUT2D eigenvalue weighted by Gasteiger charge is 2.04. The molecule has 1 aromatic heterocycles. The van der Waals surface area contributed by atoms with Crippen molar-refractivity contribution in [1.29, 1.82) is 0 Å². The number of furan rings is 1. The van der Waals surface area contributed by atoms with Gasteiger partial charge in [0.25, 0.3) is 0 Å². The third kappa shape index (κ3) is 1.23. The Morgan fingerprint density at radius 3 is 1.20 bits per heavy atom. The van der Waals surface area contributed by atoms with Crippen LogP contribution in [-0.2, 0) is 0 Å². The molecule has 1 heterocycles. The van der Waals surface area contributed by atoms with Crippen molar-refractivity contribution >= 4 is 0 Å². The molecule has 0 spiro atoms. The molecule has 0 fully saturated rings. The molecule has 1 heteroatoms. The van der Waals surface area contributed by atoms with Crippen LogP contribution in [0, 0.1) is 27.7 Å². The van der Waals surface area contributed by atoms with Crippen molar-refractivity contribution in [3.05, 3.63) is 22.6 Å². The second kappa shape index (κ2) is 2.91. The van der Waals surface area contributed by atoms with E-state index in [1.165, 1.54) is 11.1 Å². The summed E-state index contributed by atoms with van der Waals surface area (Å²) in [5.74, 6) is 2.09. The number of hydrogen-bond donors (Lipinski definition) is 0. The zero-order valence-electron chi connectivity index (χ0n) is 6.41. The highest BCUT2D eigenvalue weighted by molar-refractivity contribution is 5.29. The minimum atomic E-state index is 0. The molecular weight excluding hydrogens is 124 g/mol. The Hall–Kier alpha value is -0.720. The van der Waals surface area contributed by atoms with Crippen molar-refractivity contribution in [2.24, 2.45) is 0 Å². The molecule has 1 aromatic rings. The highest BCUT2D eigenvalue weighted by Crippen LogP contribution is 2.18. The van der Waals surface area contributed by atoms with Crippen molar-refractivity contribution < 1.29 is 4.42 Å². The third-order valence-corrected chi connectivity index (χ3v) is 1.92. The van der Waals surface area contributed by atoms with Crippen LogP contribution >= 0.6 is 0 Å². The first-order valence-electron chi connectivity index (χ1n) is 3.16. The van der Waals surface area contributed by atoms with Gasteiger partial charge in [-0.1, -0.05) is 7.43 Å². The van der Waals surface area contributed by atoms with Crippen LogP contribution in [0.25, 0.3) is 0 Å². The molecule has 0 saturated carbocycles. The quantitative estimate of drug-likeness (QED) is 0.539. The van der Waals surface area contributed by atoms with Gasteiger partial charge in [-0.25, -0.2) is 0 Å². The summed E-state index contributed by atoms with van der Waals surface area (Å²) >= 11 is 0. The van der Waals surface area contributed by atoms with Crippen LogP contribution in [0.15, 0.2) is 4.42 Å². The van der Waals surface area contributed by atoms with Gasteiger partial charge in [-0.2, -0.15) is 0 Å². The molecule has 58 valence electrons. The summed E-state index contributed by atoms with van der Waals surface area (Å²) in [5, 5.41) is 0.